The third kappa shape index (κ3) is 3.12. The van der Waals surface area contributed by atoms with Gasteiger partial charge in [0.15, 0.2) is 0 Å². The zero-order chi connectivity index (χ0) is 17.2. The van der Waals surface area contributed by atoms with Gasteiger partial charge < -0.3 is 10.3 Å². The van der Waals surface area contributed by atoms with Crippen LogP contribution in [0.15, 0.2) is 61.2 Å². The van der Waals surface area contributed by atoms with Crippen LogP contribution in [0.5, 0.6) is 0 Å². The molecule has 0 fully saturated rings. The number of fused-ring (bicyclic) bond motifs is 1. The van der Waals surface area contributed by atoms with Crippen LogP contribution in [0.1, 0.15) is 16.1 Å². The number of halogens is 1. The van der Waals surface area contributed by atoms with Gasteiger partial charge >= 0.3 is 0 Å². The van der Waals surface area contributed by atoms with Crippen LogP contribution in [0, 0.1) is 5.82 Å². The zero-order valence-corrected chi connectivity index (χ0v) is 13.1. The van der Waals surface area contributed by atoms with Crippen molar-refractivity contribution in [3.8, 4) is 0 Å². The molecule has 0 spiro atoms. The van der Waals surface area contributed by atoms with Gasteiger partial charge in [-0.25, -0.2) is 14.1 Å². The maximum atomic E-state index is 13.7. The fraction of sp³-hybridized carbons (Fsp3) is 0.0556. The first-order valence-corrected chi connectivity index (χ1v) is 7.69. The Bertz CT molecular complexity index is 1020. The van der Waals surface area contributed by atoms with Gasteiger partial charge in [-0.15, -0.1) is 0 Å². The van der Waals surface area contributed by atoms with Crippen molar-refractivity contribution in [2.75, 3.05) is 5.32 Å². The van der Waals surface area contributed by atoms with E-state index in [0.717, 1.165) is 5.56 Å². The first-order chi connectivity index (χ1) is 12.2. The van der Waals surface area contributed by atoms with Gasteiger partial charge in [-0.3, -0.25) is 4.79 Å². The highest BCUT2D eigenvalue weighted by Crippen LogP contribution is 2.19. The number of nitrogens with one attached hydrogen (secondary N) is 2. The first-order valence-electron chi connectivity index (χ1n) is 7.69. The Kier molecular flexibility index (Phi) is 3.74. The number of hydrogen-bond acceptors (Lipinski definition) is 3. The summed E-state index contributed by atoms with van der Waals surface area (Å²) in [7, 11) is 0. The molecule has 1 amide bonds. The summed E-state index contributed by atoms with van der Waals surface area (Å²) in [6.07, 6.45) is 3.13. The number of aromatic nitrogens is 4. The summed E-state index contributed by atoms with van der Waals surface area (Å²) >= 11 is 0. The van der Waals surface area contributed by atoms with E-state index in [0.29, 0.717) is 28.8 Å². The van der Waals surface area contributed by atoms with E-state index >= 15 is 0 Å². The molecular formula is C18H14FN5O. The third-order valence-electron chi connectivity index (χ3n) is 3.88. The van der Waals surface area contributed by atoms with Gasteiger partial charge in [0.2, 0.25) is 0 Å². The van der Waals surface area contributed by atoms with E-state index in [2.05, 4.69) is 20.4 Å². The van der Waals surface area contributed by atoms with Crippen molar-refractivity contribution >= 4 is 22.5 Å². The van der Waals surface area contributed by atoms with Gasteiger partial charge in [0.05, 0.1) is 6.54 Å². The number of hydrogen-bond donors (Lipinski definition) is 2. The fourth-order valence-electron chi connectivity index (χ4n) is 2.63. The normalized spacial score (nSPS) is 10.9. The van der Waals surface area contributed by atoms with E-state index in [-0.39, 0.29) is 11.7 Å². The standard InChI is InChI=1S/C18H14FN5O/c19-15-2-1-3-16-14(15)8-17(23-16)18(25)22-13-6-4-12(5-7-13)9-24-11-20-10-21-24/h1-8,10-11,23H,9H2,(H,22,25). The van der Waals surface area contributed by atoms with Gasteiger partial charge in [0.25, 0.3) is 5.91 Å². The molecule has 2 heterocycles. The predicted molar refractivity (Wildman–Crippen MR) is 91.8 cm³/mol. The highest BCUT2D eigenvalue weighted by Gasteiger charge is 2.12. The van der Waals surface area contributed by atoms with Gasteiger partial charge in [-0.05, 0) is 35.9 Å². The second-order valence-electron chi connectivity index (χ2n) is 5.63. The molecule has 0 unspecified atom stereocenters. The summed E-state index contributed by atoms with van der Waals surface area (Å²) in [4.78, 5) is 19.2. The first kappa shape index (κ1) is 15.1. The van der Waals surface area contributed by atoms with Crippen molar-refractivity contribution in [2.24, 2.45) is 0 Å². The lowest BCUT2D eigenvalue weighted by atomic mass is 10.2. The lowest BCUT2D eigenvalue weighted by Crippen LogP contribution is -2.12. The monoisotopic (exact) mass is 335 g/mol. The highest BCUT2D eigenvalue weighted by atomic mass is 19.1. The Morgan fingerprint density at radius 2 is 2.04 bits per heavy atom. The third-order valence-corrected chi connectivity index (χ3v) is 3.88. The number of rotatable bonds is 4. The van der Waals surface area contributed by atoms with E-state index in [4.69, 9.17) is 0 Å². The highest BCUT2D eigenvalue weighted by molar-refractivity contribution is 6.05. The topological polar surface area (TPSA) is 75.6 Å². The largest absolute Gasteiger partial charge is 0.350 e. The molecule has 2 aromatic carbocycles. The minimum atomic E-state index is -0.356. The second kappa shape index (κ2) is 6.20. The molecule has 0 aliphatic heterocycles. The molecule has 7 heteroatoms. The summed E-state index contributed by atoms with van der Waals surface area (Å²) in [5.41, 5.74) is 2.60. The van der Waals surface area contributed by atoms with Crippen LogP contribution < -0.4 is 5.32 Å². The van der Waals surface area contributed by atoms with Gasteiger partial charge in [0.1, 0.15) is 24.2 Å². The molecule has 4 aromatic rings. The van der Waals surface area contributed by atoms with Crippen molar-refractivity contribution < 1.29 is 9.18 Å². The molecule has 0 atom stereocenters. The average molecular weight is 335 g/mol. The number of nitrogens with zero attached hydrogens (tertiary/aromatic N) is 3. The molecule has 4 rings (SSSR count). The van der Waals surface area contributed by atoms with Gasteiger partial charge in [-0.2, -0.15) is 5.10 Å². The molecule has 0 bridgehead atoms. The smallest absolute Gasteiger partial charge is 0.272 e. The van der Waals surface area contributed by atoms with Crippen molar-refractivity contribution in [3.05, 3.63) is 78.3 Å². The fourth-order valence-corrected chi connectivity index (χ4v) is 2.63. The lowest BCUT2D eigenvalue weighted by Gasteiger charge is -2.06. The quantitative estimate of drug-likeness (QED) is 0.601. The van der Waals surface area contributed by atoms with Crippen LogP contribution in [-0.2, 0) is 6.54 Å². The van der Waals surface area contributed by atoms with Crippen molar-refractivity contribution in [1.29, 1.82) is 0 Å². The van der Waals surface area contributed by atoms with Crippen LogP contribution in [0.25, 0.3) is 10.9 Å². The van der Waals surface area contributed by atoms with Crippen molar-refractivity contribution in [3.63, 3.8) is 0 Å². The van der Waals surface area contributed by atoms with Crippen LogP contribution in [-0.4, -0.2) is 25.7 Å². The Morgan fingerprint density at radius 1 is 1.20 bits per heavy atom. The molecule has 2 aromatic heterocycles. The summed E-state index contributed by atoms with van der Waals surface area (Å²) in [6.45, 7) is 0.607. The Labute approximate surface area is 142 Å². The number of H-pyrrole nitrogens is 1. The van der Waals surface area contributed by atoms with Crippen LogP contribution in [0.2, 0.25) is 0 Å². The predicted octanol–water partition coefficient (Wildman–Crippen LogP) is 3.20. The minimum absolute atomic E-state index is 0.312. The Morgan fingerprint density at radius 3 is 2.76 bits per heavy atom. The van der Waals surface area contributed by atoms with Crippen molar-refractivity contribution in [2.45, 2.75) is 6.54 Å². The number of amides is 1. The molecule has 0 saturated heterocycles. The number of carbonyl (C=O) groups excluding carboxylic acids is 1. The molecule has 0 saturated carbocycles. The maximum Gasteiger partial charge on any atom is 0.272 e. The van der Waals surface area contributed by atoms with Gasteiger partial charge in [0, 0.05) is 16.6 Å². The van der Waals surface area contributed by atoms with E-state index in [1.54, 1.807) is 23.1 Å². The summed E-state index contributed by atoms with van der Waals surface area (Å²) in [5.74, 6) is -0.676. The van der Waals surface area contributed by atoms with E-state index < -0.39 is 0 Å². The molecule has 0 radical (unpaired) electrons. The summed E-state index contributed by atoms with van der Waals surface area (Å²) < 4.78 is 15.4. The van der Waals surface area contributed by atoms with E-state index in [1.165, 1.54) is 18.5 Å². The molecule has 0 aliphatic rings. The zero-order valence-electron chi connectivity index (χ0n) is 13.1. The van der Waals surface area contributed by atoms with E-state index in [1.807, 2.05) is 24.3 Å². The Hall–Kier alpha value is -3.48. The van der Waals surface area contributed by atoms with Crippen LogP contribution >= 0.6 is 0 Å². The number of benzene rings is 2. The molecule has 0 aliphatic carbocycles. The number of aromatic amines is 1. The molecule has 124 valence electrons. The molecule has 2 N–H and O–H groups in total. The second-order valence-corrected chi connectivity index (χ2v) is 5.63. The maximum absolute atomic E-state index is 13.7. The SMILES string of the molecule is O=C(Nc1ccc(Cn2cncn2)cc1)c1cc2c(F)cccc2[nH]1. The average Bonchev–Trinajstić information content (AvgIpc) is 3.27. The van der Waals surface area contributed by atoms with Crippen molar-refractivity contribution in [1.82, 2.24) is 19.7 Å². The minimum Gasteiger partial charge on any atom is -0.350 e. The van der Waals surface area contributed by atoms with Gasteiger partial charge in [-0.1, -0.05) is 18.2 Å². The van der Waals surface area contributed by atoms with E-state index in [9.17, 15) is 9.18 Å². The summed E-state index contributed by atoms with van der Waals surface area (Å²) in [5, 5.41) is 7.25. The molecule has 6 nitrogen and oxygen atoms in total. The summed E-state index contributed by atoms with van der Waals surface area (Å²) in [6, 6.07) is 13.6. The number of carbonyl (C=O) groups is 1. The number of anilines is 1. The molecule has 25 heavy (non-hydrogen) atoms. The Balaban J connectivity index is 1.49. The lowest BCUT2D eigenvalue weighted by molar-refractivity contribution is 0.102. The van der Waals surface area contributed by atoms with Crippen LogP contribution in [0.3, 0.4) is 0 Å². The van der Waals surface area contributed by atoms with Crippen LogP contribution in [0.4, 0.5) is 10.1 Å². The molecular weight excluding hydrogens is 321 g/mol.